The first-order chi connectivity index (χ1) is 9.81. The van der Waals surface area contributed by atoms with Crippen LogP contribution in [-0.4, -0.2) is 16.9 Å². The Morgan fingerprint density at radius 2 is 1.86 bits per heavy atom. The smallest absolute Gasteiger partial charge is 0.433 e. The van der Waals surface area contributed by atoms with Gasteiger partial charge in [0.15, 0.2) is 0 Å². The zero-order valence-electron chi connectivity index (χ0n) is 12.1. The van der Waals surface area contributed by atoms with E-state index in [0.717, 1.165) is 10.7 Å². The first-order valence-electron chi connectivity index (χ1n) is 6.34. The molecule has 1 atom stereocenters. The van der Waals surface area contributed by atoms with Crippen LogP contribution in [0.25, 0.3) is 0 Å². The van der Waals surface area contributed by atoms with Gasteiger partial charge in [0.2, 0.25) is 0 Å². The molecule has 0 saturated heterocycles. The van der Waals surface area contributed by atoms with Crippen molar-refractivity contribution in [2.24, 2.45) is 5.73 Å². The van der Waals surface area contributed by atoms with Gasteiger partial charge in [-0.1, -0.05) is 12.1 Å². The summed E-state index contributed by atoms with van der Waals surface area (Å²) in [5.74, 6) is 0.645. The van der Waals surface area contributed by atoms with E-state index in [-0.39, 0.29) is 24.6 Å². The van der Waals surface area contributed by atoms with Crippen LogP contribution in [0.2, 0.25) is 0 Å². The number of ether oxygens (including phenoxy) is 1. The van der Waals surface area contributed by atoms with Crippen LogP contribution >= 0.6 is 12.4 Å². The standard InChI is InChI=1S/C14H16F3N3O.ClH/c1-9(18)12-7-13(14(15,16)17)20(19-12)8-10-3-5-11(21-2)6-4-10;/h3-7,9H,8,18H2,1-2H3;1H/t9-;/m1./s1. The van der Waals surface area contributed by atoms with E-state index in [9.17, 15) is 13.2 Å². The van der Waals surface area contributed by atoms with Crippen LogP contribution in [0.4, 0.5) is 13.2 Å². The lowest BCUT2D eigenvalue weighted by atomic mass is 10.2. The molecule has 0 spiro atoms. The first kappa shape index (κ1) is 18.3. The quantitative estimate of drug-likeness (QED) is 0.931. The van der Waals surface area contributed by atoms with Crippen molar-refractivity contribution in [1.29, 1.82) is 0 Å². The molecule has 0 radical (unpaired) electrons. The number of nitrogens with zero attached hydrogens (tertiary/aromatic N) is 2. The van der Waals surface area contributed by atoms with Gasteiger partial charge in [0.05, 0.1) is 19.3 Å². The normalized spacial score (nSPS) is 12.6. The minimum absolute atomic E-state index is 0. The number of rotatable bonds is 4. The number of halogens is 4. The summed E-state index contributed by atoms with van der Waals surface area (Å²) in [7, 11) is 1.53. The minimum Gasteiger partial charge on any atom is -0.497 e. The van der Waals surface area contributed by atoms with Gasteiger partial charge in [0.1, 0.15) is 11.4 Å². The van der Waals surface area contributed by atoms with Crippen molar-refractivity contribution >= 4 is 12.4 Å². The van der Waals surface area contributed by atoms with Crippen LogP contribution in [0.5, 0.6) is 5.75 Å². The highest BCUT2D eigenvalue weighted by Gasteiger charge is 2.36. The molecule has 0 unspecified atom stereocenters. The molecular formula is C14H17ClF3N3O. The van der Waals surface area contributed by atoms with Crippen molar-refractivity contribution in [1.82, 2.24) is 9.78 Å². The van der Waals surface area contributed by atoms with Gasteiger partial charge < -0.3 is 10.5 Å². The number of alkyl halides is 3. The molecule has 0 amide bonds. The number of hydrogen-bond donors (Lipinski definition) is 1. The second kappa shape index (κ2) is 7.02. The Balaban J connectivity index is 0.00000242. The maximum Gasteiger partial charge on any atom is 0.433 e. The largest absolute Gasteiger partial charge is 0.497 e. The molecule has 2 aromatic rings. The lowest BCUT2D eigenvalue weighted by Crippen LogP contribution is -2.15. The number of methoxy groups -OCH3 is 1. The summed E-state index contributed by atoms with van der Waals surface area (Å²) in [6.07, 6.45) is -4.47. The molecule has 0 aliphatic carbocycles. The Bertz CT molecular complexity index is 609. The van der Waals surface area contributed by atoms with Gasteiger partial charge in [0.25, 0.3) is 0 Å². The monoisotopic (exact) mass is 335 g/mol. The topological polar surface area (TPSA) is 53.1 Å². The van der Waals surface area contributed by atoms with E-state index in [2.05, 4.69) is 5.10 Å². The first-order valence-corrected chi connectivity index (χ1v) is 6.34. The van der Waals surface area contributed by atoms with Crippen molar-refractivity contribution in [3.63, 3.8) is 0 Å². The SMILES string of the molecule is COc1ccc(Cn2nc([C@@H](C)N)cc2C(F)(F)F)cc1.Cl. The highest BCUT2D eigenvalue weighted by atomic mass is 35.5. The van der Waals surface area contributed by atoms with E-state index >= 15 is 0 Å². The maximum absolute atomic E-state index is 13.0. The average Bonchev–Trinajstić information content (AvgIpc) is 2.84. The molecule has 2 N–H and O–H groups in total. The molecule has 0 fully saturated rings. The Morgan fingerprint density at radius 3 is 2.32 bits per heavy atom. The summed E-state index contributed by atoms with van der Waals surface area (Å²) in [5.41, 5.74) is 5.72. The zero-order chi connectivity index (χ0) is 15.6. The van der Waals surface area contributed by atoms with E-state index in [0.29, 0.717) is 11.3 Å². The third-order valence-corrected chi connectivity index (χ3v) is 3.05. The van der Waals surface area contributed by atoms with Crippen LogP contribution in [0, 0.1) is 0 Å². The lowest BCUT2D eigenvalue weighted by Gasteiger charge is -2.10. The highest BCUT2D eigenvalue weighted by Crippen LogP contribution is 2.31. The summed E-state index contributed by atoms with van der Waals surface area (Å²) >= 11 is 0. The second-order valence-electron chi connectivity index (χ2n) is 4.75. The van der Waals surface area contributed by atoms with Crippen LogP contribution in [0.3, 0.4) is 0 Å². The summed E-state index contributed by atoms with van der Waals surface area (Å²) < 4.78 is 45.0. The highest BCUT2D eigenvalue weighted by molar-refractivity contribution is 5.85. The fourth-order valence-electron chi connectivity index (χ4n) is 1.91. The van der Waals surface area contributed by atoms with Crippen molar-refractivity contribution in [3.8, 4) is 5.75 Å². The number of aromatic nitrogens is 2. The molecule has 0 bridgehead atoms. The van der Waals surface area contributed by atoms with Crippen LogP contribution in [0.15, 0.2) is 30.3 Å². The Hall–Kier alpha value is -1.73. The van der Waals surface area contributed by atoms with E-state index < -0.39 is 17.9 Å². The molecule has 22 heavy (non-hydrogen) atoms. The molecule has 0 aliphatic heterocycles. The van der Waals surface area contributed by atoms with Gasteiger partial charge in [-0.25, -0.2) is 0 Å². The zero-order valence-corrected chi connectivity index (χ0v) is 12.9. The van der Waals surface area contributed by atoms with Gasteiger partial charge in [-0.3, -0.25) is 4.68 Å². The molecule has 1 aromatic carbocycles. The van der Waals surface area contributed by atoms with E-state index in [4.69, 9.17) is 10.5 Å². The molecule has 1 aromatic heterocycles. The van der Waals surface area contributed by atoms with Crippen LogP contribution in [-0.2, 0) is 12.7 Å². The summed E-state index contributed by atoms with van der Waals surface area (Å²) in [5, 5.41) is 3.95. The van der Waals surface area contributed by atoms with E-state index in [1.165, 1.54) is 7.11 Å². The Labute approximate surface area is 132 Å². The fraction of sp³-hybridized carbons (Fsp3) is 0.357. The minimum atomic E-state index is -4.47. The van der Waals surface area contributed by atoms with Gasteiger partial charge in [0, 0.05) is 6.04 Å². The summed E-state index contributed by atoms with van der Waals surface area (Å²) in [6, 6.07) is 7.23. The number of nitrogens with two attached hydrogens (primary N) is 1. The third kappa shape index (κ3) is 4.14. The third-order valence-electron chi connectivity index (χ3n) is 3.05. The predicted octanol–water partition coefficient (Wildman–Crippen LogP) is 3.40. The summed E-state index contributed by atoms with van der Waals surface area (Å²) in [4.78, 5) is 0. The van der Waals surface area contributed by atoms with Crippen molar-refractivity contribution in [3.05, 3.63) is 47.3 Å². The predicted molar refractivity (Wildman–Crippen MR) is 79.2 cm³/mol. The second-order valence-corrected chi connectivity index (χ2v) is 4.75. The molecule has 0 aliphatic rings. The van der Waals surface area contributed by atoms with Crippen molar-refractivity contribution in [2.75, 3.05) is 7.11 Å². The molecule has 1 heterocycles. The maximum atomic E-state index is 13.0. The van der Waals surface area contributed by atoms with Crippen molar-refractivity contribution < 1.29 is 17.9 Å². The van der Waals surface area contributed by atoms with Crippen molar-refractivity contribution in [2.45, 2.75) is 25.7 Å². The molecule has 0 saturated carbocycles. The Kier molecular flexibility index (Phi) is 5.85. The molecule has 2 rings (SSSR count). The fourth-order valence-corrected chi connectivity index (χ4v) is 1.91. The van der Waals surface area contributed by atoms with Crippen LogP contribution < -0.4 is 10.5 Å². The summed E-state index contributed by atoms with van der Waals surface area (Å²) in [6.45, 7) is 1.62. The van der Waals surface area contributed by atoms with Gasteiger partial charge >= 0.3 is 6.18 Å². The molecule has 8 heteroatoms. The van der Waals surface area contributed by atoms with Gasteiger partial charge in [-0.05, 0) is 30.7 Å². The lowest BCUT2D eigenvalue weighted by molar-refractivity contribution is -0.144. The number of benzene rings is 1. The van der Waals surface area contributed by atoms with Gasteiger partial charge in [-0.15, -0.1) is 12.4 Å². The molecule has 122 valence electrons. The van der Waals surface area contributed by atoms with Crippen LogP contribution in [0.1, 0.15) is 29.9 Å². The Morgan fingerprint density at radius 1 is 1.27 bits per heavy atom. The molecular weight excluding hydrogens is 319 g/mol. The average molecular weight is 336 g/mol. The molecule has 4 nitrogen and oxygen atoms in total. The number of hydrogen-bond acceptors (Lipinski definition) is 3. The van der Waals surface area contributed by atoms with Gasteiger partial charge in [-0.2, -0.15) is 18.3 Å². The van der Waals surface area contributed by atoms with E-state index in [1.54, 1.807) is 31.2 Å². The van der Waals surface area contributed by atoms with E-state index in [1.807, 2.05) is 0 Å².